The Morgan fingerprint density at radius 1 is 1.25 bits per heavy atom. The quantitative estimate of drug-likeness (QED) is 0.473. The third-order valence-electron chi connectivity index (χ3n) is 5.77. The largest absolute Gasteiger partial charge is 0.384 e. The van der Waals surface area contributed by atoms with Crippen molar-refractivity contribution in [2.45, 2.75) is 43.9 Å². The van der Waals surface area contributed by atoms with Gasteiger partial charge in [0.15, 0.2) is 0 Å². The second kappa shape index (κ2) is 9.35. The van der Waals surface area contributed by atoms with Crippen LogP contribution in [-0.2, 0) is 41.6 Å². The second-order valence-corrected chi connectivity index (χ2v) is 11.9. The van der Waals surface area contributed by atoms with Crippen molar-refractivity contribution in [3.8, 4) is 0 Å². The molecule has 1 aliphatic carbocycles. The number of benzene rings is 1. The van der Waals surface area contributed by atoms with Crippen LogP contribution in [0.3, 0.4) is 0 Å². The first-order valence-electron chi connectivity index (χ1n) is 9.95. The van der Waals surface area contributed by atoms with Gasteiger partial charge in [-0.1, -0.05) is 23.7 Å². The zero-order valence-corrected chi connectivity index (χ0v) is 20.1. The molecule has 1 aliphatic rings. The molecular weight excluding hydrogens is 482 g/mol. The number of hydrogen-bond acceptors (Lipinski definition) is 9. The van der Waals surface area contributed by atoms with Gasteiger partial charge < -0.3 is 5.11 Å². The Morgan fingerprint density at radius 2 is 1.94 bits per heavy atom. The third kappa shape index (κ3) is 5.67. The van der Waals surface area contributed by atoms with Crippen LogP contribution in [0.15, 0.2) is 36.9 Å². The molecule has 1 N–H and O–H groups in total. The van der Waals surface area contributed by atoms with Gasteiger partial charge in [-0.25, -0.2) is 9.67 Å². The minimum absolute atomic E-state index is 0.0607. The van der Waals surface area contributed by atoms with Crippen LogP contribution in [0.5, 0.6) is 0 Å². The molecular formula is C19H26ClN3O7S2. The Hall–Kier alpha value is -1.57. The zero-order valence-electron chi connectivity index (χ0n) is 17.7. The Bertz CT molecular complexity index is 1120. The maximum atomic E-state index is 12.5. The second-order valence-electron chi connectivity index (χ2n) is 7.97. The number of halogens is 1. The lowest BCUT2D eigenvalue weighted by atomic mass is 9.78. The van der Waals surface area contributed by atoms with Crippen LogP contribution >= 0.6 is 11.6 Å². The third-order valence-corrected chi connectivity index (χ3v) is 7.85. The fourth-order valence-electron chi connectivity index (χ4n) is 4.08. The number of aromatic nitrogens is 3. The van der Waals surface area contributed by atoms with E-state index in [9.17, 15) is 21.9 Å². The molecule has 0 spiro atoms. The zero-order chi connectivity index (χ0) is 23.6. The summed E-state index contributed by atoms with van der Waals surface area (Å²) in [7, 11) is -8.02. The minimum atomic E-state index is -4.08. The van der Waals surface area contributed by atoms with Gasteiger partial charge in [0.05, 0.1) is 25.2 Å². The topological polar surface area (TPSA) is 138 Å². The molecule has 1 saturated carbocycles. The van der Waals surface area contributed by atoms with E-state index in [2.05, 4.69) is 10.1 Å². The van der Waals surface area contributed by atoms with Gasteiger partial charge in [0, 0.05) is 5.02 Å². The van der Waals surface area contributed by atoms with Gasteiger partial charge in [-0.2, -0.15) is 21.9 Å². The van der Waals surface area contributed by atoms with Crippen molar-refractivity contribution in [2.75, 3.05) is 18.6 Å². The van der Waals surface area contributed by atoms with E-state index in [-0.39, 0.29) is 18.7 Å². The van der Waals surface area contributed by atoms with Crippen molar-refractivity contribution < 1.29 is 30.3 Å². The van der Waals surface area contributed by atoms with Gasteiger partial charge in [0.2, 0.25) is 0 Å². The number of nitrogens with zero attached hydrogens (tertiary/aromatic N) is 3. The first kappa shape index (κ1) is 25.1. The highest BCUT2D eigenvalue weighted by atomic mass is 35.5. The van der Waals surface area contributed by atoms with Gasteiger partial charge >= 0.3 is 0 Å². The van der Waals surface area contributed by atoms with Crippen molar-refractivity contribution >= 4 is 31.8 Å². The monoisotopic (exact) mass is 507 g/mol. The molecule has 32 heavy (non-hydrogen) atoms. The molecule has 3 unspecified atom stereocenters. The van der Waals surface area contributed by atoms with Gasteiger partial charge in [0.1, 0.15) is 23.9 Å². The molecule has 3 atom stereocenters. The van der Waals surface area contributed by atoms with Crippen molar-refractivity contribution in [3.05, 3.63) is 47.5 Å². The normalized spacial score (nSPS) is 26.4. The summed E-state index contributed by atoms with van der Waals surface area (Å²) in [6.45, 7) is 0.571. The van der Waals surface area contributed by atoms with Gasteiger partial charge in [-0.3, -0.25) is 8.37 Å². The van der Waals surface area contributed by atoms with E-state index in [0.717, 1.165) is 11.8 Å². The molecule has 1 heterocycles. The van der Waals surface area contributed by atoms with E-state index in [1.165, 1.54) is 24.3 Å². The molecule has 0 aliphatic heterocycles. The summed E-state index contributed by atoms with van der Waals surface area (Å²) in [5.74, 6) is -0.849. The lowest BCUT2D eigenvalue weighted by Crippen LogP contribution is -2.61. The van der Waals surface area contributed by atoms with Crippen LogP contribution < -0.4 is 0 Å². The molecule has 3 rings (SSSR count). The van der Waals surface area contributed by atoms with Gasteiger partial charge in [0.25, 0.3) is 20.2 Å². The van der Waals surface area contributed by atoms with Crippen molar-refractivity contribution in [2.24, 2.45) is 5.92 Å². The molecule has 178 valence electrons. The van der Waals surface area contributed by atoms with Crippen LogP contribution in [0.1, 0.15) is 25.3 Å². The number of hydrogen-bond donors (Lipinski definition) is 1. The summed E-state index contributed by atoms with van der Waals surface area (Å²) in [5, 5.41) is 16.6. The SMILES string of the molecule is CCS(=O)(=O)OC1(COS(C)(=O)=O)CCC(Cc2ccc(Cl)cc2)C1(O)Cn1cncn1. The molecule has 1 aromatic carbocycles. The maximum Gasteiger partial charge on any atom is 0.267 e. The van der Waals surface area contributed by atoms with Crippen molar-refractivity contribution in [1.82, 2.24) is 14.8 Å². The van der Waals surface area contributed by atoms with E-state index < -0.39 is 44.0 Å². The standard InChI is InChI=1S/C19H26ClN3O7S2/c1-3-32(27,28)30-18(12-29-31(2,25)26)9-8-16(10-15-4-6-17(20)7-5-15)19(18,24)11-23-14-21-13-22-23/h4-7,13-14,16,24H,3,8-12H2,1-2H3. The van der Waals surface area contributed by atoms with E-state index >= 15 is 0 Å². The predicted molar refractivity (Wildman–Crippen MR) is 117 cm³/mol. The van der Waals surface area contributed by atoms with Crippen molar-refractivity contribution in [1.29, 1.82) is 0 Å². The Kier molecular flexibility index (Phi) is 7.32. The maximum absolute atomic E-state index is 12.5. The average molecular weight is 508 g/mol. The molecule has 2 aromatic rings. The van der Waals surface area contributed by atoms with Crippen molar-refractivity contribution in [3.63, 3.8) is 0 Å². The number of rotatable bonds is 10. The summed E-state index contributed by atoms with van der Waals surface area (Å²) < 4.78 is 60.4. The summed E-state index contributed by atoms with van der Waals surface area (Å²) >= 11 is 5.97. The Balaban J connectivity index is 2.05. The molecule has 0 bridgehead atoms. The minimum Gasteiger partial charge on any atom is -0.384 e. The highest BCUT2D eigenvalue weighted by Crippen LogP contribution is 2.49. The fraction of sp³-hybridized carbons (Fsp3) is 0.579. The summed E-state index contributed by atoms with van der Waals surface area (Å²) in [4.78, 5) is 3.88. The van der Waals surface area contributed by atoms with Gasteiger partial charge in [-0.05, 0) is 49.8 Å². The molecule has 0 saturated heterocycles. The molecule has 13 heteroatoms. The Morgan fingerprint density at radius 3 is 2.50 bits per heavy atom. The lowest BCUT2D eigenvalue weighted by molar-refractivity contribution is -0.157. The van der Waals surface area contributed by atoms with E-state index in [0.29, 0.717) is 17.9 Å². The molecule has 1 fully saturated rings. The Labute approximate surface area is 192 Å². The average Bonchev–Trinajstić information content (AvgIpc) is 3.30. The van der Waals surface area contributed by atoms with Crippen LogP contribution in [-0.4, -0.2) is 66.5 Å². The first-order chi connectivity index (χ1) is 14.9. The molecule has 10 nitrogen and oxygen atoms in total. The highest BCUT2D eigenvalue weighted by Gasteiger charge is 2.63. The lowest BCUT2D eigenvalue weighted by Gasteiger charge is -2.43. The smallest absolute Gasteiger partial charge is 0.267 e. The van der Waals surface area contributed by atoms with Gasteiger partial charge in [-0.15, -0.1) is 0 Å². The summed E-state index contributed by atoms with van der Waals surface area (Å²) in [6, 6.07) is 7.07. The predicted octanol–water partition coefficient (Wildman–Crippen LogP) is 1.40. The highest BCUT2D eigenvalue weighted by molar-refractivity contribution is 7.86. The van der Waals surface area contributed by atoms with Crippen LogP contribution in [0.4, 0.5) is 0 Å². The molecule has 1 aromatic heterocycles. The summed E-state index contributed by atoms with van der Waals surface area (Å²) in [6.07, 6.45) is 4.31. The fourth-order valence-corrected chi connectivity index (χ4v) is 5.49. The first-order valence-corrected chi connectivity index (χ1v) is 13.7. The van der Waals surface area contributed by atoms with Crippen LogP contribution in [0.2, 0.25) is 5.02 Å². The summed E-state index contributed by atoms with van der Waals surface area (Å²) in [5.41, 5.74) is -2.81. The van der Waals surface area contributed by atoms with E-state index in [1.807, 2.05) is 12.1 Å². The van der Waals surface area contributed by atoms with E-state index in [4.69, 9.17) is 20.0 Å². The van der Waals surface area contributed by atoms with Crippen LogP contribution in [0.25, 0.3) is 0 Å². The molecule has 0 amide bonds. The van der Waals surface area contributed by atoms with E-state index in [1.54, 1.807) is 12.1 Å². The molecule has 0 radical (unpaired) electrons. The number of aliphatic hydroxyl groups is 1. The van der Waals surface area contributed by atoms with Crippen LogP contribution in [0, 0.1) is 5.92 Å².